The van der Waals surface area contributed by atoms with Gasteiger partial charge in [-0.1, -0.05) is 61.2 Å². The highest BCUT2D eigenvalue weighted by atomic mass is 32.2. The minimum Gasteiger partial charge on any atom is -0.497 e. The van der Waals surface area contributed by atoms with Crippen molar-refractivity contribution in [2.45, 2.75) is 31.2 Å². The molecule has 4 aromatic rings. The van der Waals surface area contributed by atoms with E-state index in [4.69, 9.17) is 4.74 Å². The molecule has 0 N–H and O–H groups in total. The maximum atomic E-state index is 13.0. The lowest BCUT2D eigenvalue weighted by molar-refractivity contribution is 0.0794. The van der Waals surface area contributed by atoms with Crippen LogP contribution in [0.25, 0.3) is 17.1 Å². The summed E-state index contributed by atoms with van der Waals surface area (Å²) < 4.78 is 7.50. The van der Waals surface area contributed by atoms with E-state index in [2.05, 4.69) is 46.8 Å². The van der Waals surface area contributed by atoms with E-state index in [0.29, 0.717) is 5.75 Å². The largest absolute Gasteiger partial charge is 0.497 e. The zero-order chi connectivity index (χ0) is 24.8. The summed E-state index contributed by atoms with van der Waals surface area (Å²) in [6, 6.07) is 23.9. The second kappa shape index (κ2) is 11.2. The lowest BCUT2D eigenvalue weighted by Gasteiger charge is -2.18. The molecular weight excluding hydrogens is 456 g/mol. The number of ether oxygens (including phenoxy) is 1. The fourth-order valence-corrected chi connectivity index (χ4v) is 4.91. The fourth-order valence-electron chi connectivity index (χ4n) is 3.95. The Morgan fingerprint density at radius 3 is 2.60 bits per heavy atom. The van der Waals surface area contributed by atoms with Gasteiger partial charge in [0.15, 0.2) is 11.0 Å². The molecule has 0 fully saturated rings. The predicted molar refractivity (Wildman–Crippen MR) is 141 cm³/mol. The van der Waals surface area contributed by atoms with E-state index in [1.807, 2.05) is 61.6 Å². The van der Waals surface area contributed by atoms with Gasteiger partial charge in [-0.3, -0.25) is 9.36 Å². The average Bonchev–Trinajstić information content (AvgIpc) is 3.31. The number of thioether (sulfide) groups is 1. The molecule has 7 heteroatoms. The first-order valence-electron chi connectivity index (χ1n) is 11.6. The minimum atomic E-state index is 0.0419. The number of nitrogens with zero attached hydrogens (tertiary/aromatic N) is 4. The first-order valence-corrected chi connectivity index (χ1v) is 12.6. The van der Waals surface area contributed by atoms with Crippen LogP contribution in [-0.4, -0.2) is 46.3 Å². The minimum absolute atomic E-state index is 0.0419. The number of aryl methyl sites for hydroxylation is 1. The molecule has 0 spiro atoms. The van der Waals surface area contributed by atoms with Gasteiger partial charge in [0.2, 0.25) is 0 Å². The van der Waals surface area contributed by atoms with Crippen LogP contribution in [0.2, 0.25) is 0 Å². The Morgan fingerprint density at radius 1 is 1.03 bits per heavy atom. The topological polar surface area (TPSA) is 60.3 Å². The van der Waals surface area contributed by atoms with Crippen molar-refractivity contribution in [2.75, 3.05) is 20.7 Å². The second-order valence-corrected chi connectivity index (χ2v) is 9.33. The molecule has 0 bridgehead atoms. The number of carbonyl (C=O) groups excluding carboxylic acids is 1. The summed E-state index contributed by atoms with van der Waals surface area (Å²) in [5, 5.41) is 9.86. The first kappa shape index (κ1) is 24.5. The van der Waals surface area contributed by atoms with Crippen molar-refractivity contribution in [1.29, 1.82) is 0 Å². The van der Waals surface area contributed by atoms with Gasteiger partial charge in [0.05, 0.1) is 7.11 Å². The second-order valence-electron chi connectivity index (χ2n) is 8.39. The van der Waals surface area contributed by atoms with E-state index in [1.165, 1.54) is 0 Å². The monoisotopic (exact) mass is 486 g/mol. The summed E-state index contributed by atoms with van der Waals surface area (Å²) >= 11 is 1.57. The van der Waals surface area contributed by atoms with Gasteiger partial charge in [0, 0.05) is 36.2 Å². The Hall–Kier alpha value is -3.58. The van der Waals surface area contributed by atoms with Crippen LogP contribution in [0.5, 0.6) is 5.75 Å². The van der Waals surface area contributed by atoms with Crippen molar-refractivity contribution >= 4 is 17.7 Å². The maximum absolute atomic E-state index is 13.0. The summed E-state index contributed by atoms with van der Waals surface area (Å²) in [6.07, 6.45) is 0.922. The number of aromatic nitrogens is 3. The third-order valence-corrected chi connectivity index (χ3v) is 6.71. The quantitative estimate of drug-likeness (QED) is 0.271. The first-order chi connectivity index (χ1) is 17.0. The van der Waals surface area contributed by atoms with Crippen molar-refractivity contribution in [3.63, 3.8) is 0 Å². The smallest absolute Gasteiger partial charge is 0.253 e. The number of amides is 1. The van der Waals surface area contributed by atoms with Crippen LogP contribution in [0.15, 0.2) is 78.0 Å². The van der Waals surface area contributed by atoms with Gasteiger partial charge in [-0.2, -0.15) is 0 Å². The Morgan fingerprint density at radius 2 is 1.83 bits per heavy atom. The lowest BCUT2D eigenvalue weighted by Crippen LogP contribution is -2.28. The molecule has 0 unspecified atom stereocenters. The molecule has 3 aromatic carbocycles. The van der Waals surface area contributed by atoms with E-state index in [-0.39, 0.29) is 5.91 Å². The Kier molecular flexibility index (Phi) is 7.87. The highest BCUT2D eigenvalue weighted by Gasteiger charge is 2.19. The maximum Gasteiger partial charge on any atom is 0.253 e. The van der Waals surface area contributed by atoms with Crippen LogP contribution >= 0.6 is 11.8 Å². The number of hydrogen-bond acceptors (Lipinski definition) is 5. The lowest BCUT2D eigenvalue weighted by atomic mass is 10.1. The molecule has 0 radical (unpaired) electrons. The van der Waals surface area contributed by atoms with Crippen molar-refractivity contribution in [2.24, 2.45) is 0 Å². The zero-order valence-electron chi connectivity index (χ0n) is 20.6. The SMILES string of the molecule is CCCN(C)C(=O)c1ccccc1CSc1nnc(-c2cccc(OC)c2)n1-c1cccc(C)c1. The molecule has 1 aromatic heterocycles. The van der Waals surface area contributed by atoms with Gasteiger partial charge in [-0.15, -0.1) is 10.2 Å². The molecule has 0 saturated carbocycles. The highest BCUT2D eigenvalue weighted by molar-refractivity contribution is 7.98. The third-order valence-electron chi connectivity index (χ3n) is 5.73. The molecule has 0 aliphatic heterocycles. The van der Waals surface area contributed by atoms with Gasteiger partial charge in [0.1, 0.15) is 5.75 Å². The van der Waals surface area contributed by atoms with Crippen LogP contribution in [0.4, 0.5) is 0 Å². The summed E-state index contributed by atoms with van der Waals surface area (Å²) in [6.45, 7) is 4.87. The number of carbonyl (C=O) groups is 1. The number of rotatable bonds is 9. The van der Waals surface area contributed by atoms with E-state index in [1.54, 1.807) is 23.8 Å². The average molecular weight is 487 g/mol. The molecular formula is C28H30N4O2S. The predicted octanol–water partition coefficient (Wildman–Crippen LogP) is 6.03. The van der Waals surface area contributed by atoms with E-state index in [0.717, 1.165) is 57.6 Å². The molecule has 4 rings (SSSR count). The van der Waals surface area contributed by atoms with Gasteiger partial charge in [-0.05, 0) is 54.8 Å². The summed E-state index contributed by atoms with van der Waals surface area (Å²) in [5.74, 6) is 2.15. The van der Waals surface area contributed by atoms with Crippen LogP contribution in [0, 0.1) is 6.92 Å². The molecule has 0 aliphatic carbocycles. The van der Waals surface area contributed by atoms with Crippen LogP contribution in [0.3, 0.4) is 0 Å². The van der Waals surface area contributed by atoms with E-state index < -0.39 is 0 Å². The number of benzene rings is 3. The molecule has 0 aliphatic rings. The third kappa shape index (κ3) is 5.57. The molecule has 1 amide bonds. The van der Waals surface area contributed by atoms with Crippen molar-refractivity contribution in [1.82, 2.24) is 19.7 Å². The summed E-state index contributed by atoms with van der Waals surface area (Å²) in [4.78, 5) is 14.8. The standard InChI is InChI=1S/C28H30N4O2S/c1-5-16-31(3)27(33)25-15-7-6-11-22(25)19-35-28-30-29-26(21-12-9-14-24(18-21)34-4)32(28)23-13-8-10-20(2)17-23/h6-15,17-18H,5,16,19H2,1-4H3. The molecule has 1 heterocycles. The molecule has 0 saturated heterocycles. The Bertz CT molecular complexity index is 1320. The molecule has 0 atom stereocenters. The van der Waals surface area contributed by atoms with Crippen LogP contribution < -0.4 is 4.74 Å². The van der Waals surface area contributed by atoms with Gasteiger partial charge >= 0.3 is 0 Å². The molecule has 6 nitrogen and oxygen atoms in total. The molecule has 35 heavy (non-hydrogen) atoms. The summed E-state index contributed by atoms with van der Waals surface area (Å²) in [5.41, 5.74) is 4.76. The fraction of sp³-hybridized carbons (Fsp3) is 0.250. The highest BCUT2D eigenvalue weighted by Crippen LogP contribution is 2.32. The van der Waals surface area contributed by atoms with Gasteiger partial charge in [0.25, 0.3) is 5.91 Å². The van der Waals surface area contributed by atoms with Crippen molar-refractivity contribution < 1.29 is 9.53 Å². The summed E-state index contributed by atoms with van der Waals surface area (Å²) in [7, 11) is 3.51. The van der Waals surface area contributed by atoms with Crippen molar-refractivity contribution in [3.05, 3.63) is 89.5 Å². The van der Waals surface area contributed by atoms with E-state index in [9.17, 15) is 4.79 Å². The van der Waals surface area contributed by atoms with Gasteiger partial charge < -0.3 is 9.64 Å². The van der Waals surface area contributed by atoms with Gasteiger partial charge in [-0.25, -0.2) is 0 Å². The Balaban J connectivity index is 1.70. The zero-order valence-corrected chi connectivity index (χ0v) is 21.4. The number of methoxy groups -OCH3 is 1. The van der Waals surface area contributed by atoms with Crippen LogP contribution in [-0.2, 0) is 5.75 Å². The molecule has 180 valence electrons. The Labute approximate surface area is 211 Å². The normalized spacial score (nSPS) is 10.9. The van der Waals surface area contributed by atoms with Crippen molar-refractivity contribution in [3.8, 4) is 22.8 Å². The van der Waals surface area contributed by atoms with E-state index >= 15 is 0 Å². The number of hydrogen-bond donors (Lipinski definition) is 0. The van der Waals surface area contributed by atoms with Crippen LogP contribution in [0.1, 0.15) is 34.8 Å².